The maximum absolute atomic E-state index is 4.43. The highest BCUT2D eigenvalue weighted by atomic mass is 15.3. The molecular formula is C15H13N7. The average Bonchev–Trinajstić information content (AvgIpc) is 3.13. The van der Waals surface area contributed by atoms with Crippen LogP contribution in [0.1, 0.15) is 11.7 Å². The Labute approximate surface area is 125 Å². The molecule has 108 valence electrons. The molecule has 0 aromatic carbocycles. The highest BCUT2D eigenvalue weighted by Gasteiger charge is 2.33. The molecule has 4 aromatic rings. The Morgan fingerprint density at radius 2 is 2.05 bits per heavy atom. The van der Waals surface area contributed by atoms with Crippen LogP contribution in [0.25, 0.3) is 16.7 Å². The number of nitrogens with zero attached hydrogens (tertiary/aromatic N) is 6. The second kappa shape index (κ2) is 4.27. The summed E-state index contributed by atoms with van der Waals surface area (Å²) in [4.78, 5) is 14.0. The number of aromatic amines is 1. The molecular weight excluding hydrogens is 278 g/mol. The van der Waals surface area contributed by atoms with Crippen LogP contribution in [0.2, 0.25) is 0 Å². The summed E-state index contributed by atoms with van der Waals surface area (Å²) in [5, 5.41) is 9.63. The summed E-state index contributed by atoms with van der Waals surface area (Å²) in [6, 6.07) is 7.97. The third-order valence-corrected chi connectivity index (χ3v) is 4.22. The lowest BCUT2D eigenvalue weighted by molar-refractivity contribution is 0.494. The van der Waals surface area contributed by atoms with Crippen LogP contribution in [0, 0.1) is 0 Å². The van der Waals surface area contributed by atoms with Gasteiger partial charge in [0.2, 0.25) is 0 Å². The van der Waals surface area contributed by atoms with Crippen molar-refractivity contribution in [2.24, 2.45) is 0 Å². The van der Waals surface area contributed by atoms with E-state index in [-0.39, 0.29) is 0 Å². The van der Waals surface area contributed by atoms with Gasteiger partial charge in [-0.1, -0.05) is 6.07 Å². The first kappa shape index (κ1) is 11.7. The number of nitrogens with one attached hydrogen (secondary N) is 1. The molecule has 1 fully saturated rings. The minimum absolute atomic E-state index is 0.376. The first-order valence-corrected chi connectivity index (χ1v) is 7.23. The van der Waals surface area contributed by atoms with Gasteiger partial charge in [-0.15, -0.1) is 10.2 Å². The Kier molecular flexibility index (Phi) is 2.26. The average molecular weight is 291 g/mol. The molecule has 7 nitrogen and oxygen atoms in total. The first-order valence-electron chi connectivity index (χ1n) is 7.23. The molecule has 1 aliphatic rings. The van der Waals surface area contributed by atoms with Crippen molar-refractivity contribution in [3.63, 3.8) is 0 Å². The Morgan fingerprint density at radius 1 is 1.09 bits per heavy atom. The molecule has 0 aliphatic carbocycles. The van der Waals surface area contributed by atoms with Crippen LogP contribution in [0.4, 0.5) is 5.82 Å². The van der Waals surface area contributed by atoms with Gasteiger partial charge in [-0.3, -0.25) is 4.40 Å². The fraction of sp³-hybridized carbons (Fsp3) is 0.200. The Morgan fingerprint density at radius 3 is 3.00 bits per heavy atom. The SMILES string of the molecule is c1ccn2c(C3CN(c4ncnc5[nH]ccc45)C3)nnc2c1. The Balaban J connectivity index is 1.46. The largest absolute Gasteiger partial charge is 0.354 e. The van der Waals surface area contributed by atoms with Crippen LogP contribution in [0.3, 0.4) is 0 Å². The minimum atomic E-state index is 0.376. The molecule has 0 saturated carbocycles. The lowest BCUT2D eigenvalue weighted by Gasteiger charge is -2.39. The van der Waals surface area contributed by atoms with Crippen molar-refractivity contribution in [3.8, 4) is 0 Å². The van der Waals surface area contributed by atoms with Gasteiger partial charge < -0.3 is 9.88 Å². The van der Waals surface area contributed by atoms with E-state index < -0.39 is 0 Å². The van der Waals surface area contributed by atoms with Gasteiger partial charge in [0.05, 0.1) is 11.3 Å². The van der Waals surface area contributed by atoms with E-state index in [4.69, 9.17) is 0 Å². The zero-order valence-corrected chi connectivity index (χ0v) is 11.7. The summed E-state index contributed by atoms with van der Waals surface area (Å²) >= 11 is 0. The molecule has 0 bridgehead atoms. The molecule has 1 N–H and O–H groups in total. The third-order valence-electron chi connectivity index (χ3n) is 4.22. The summed E-state index contributed by atoms with van der Waals surface area (Å²) in [7, 11) is 0. The maximum Gasteiger partial charge on any atom is 0.160 e. The van der Waals surface area contributed by atoms with E-state index in [2.05, 4.69) is 34.4 Å². The molecule has 5 heterocycles. The predicted octanol–water partition coefficient (Wildman–Crippen LogP) is 1.60. The van der Waals surface area contributed by atoms with E-state index in [0.29, 0.717) is 5.92 Å². The third kappa shape index (κ3) is 1.56. The fourth-order valence-electron chi connectivity index (χ4n) is 3.06. The van der Waals surface area contributed by atoms with Crippen LogP contribution in [-0.2, 0) is 0 Å². The number of aromatic nitrogens is 6. The van der Waals surface area contributed by atoms with Crippen LogP contribution in [0.15, 0.2) is 43.0 Å². The zero-order valence-electron chi connectivity index (χ0n) is 11.7. The van der Waals surface area contributed by atoms with Gasteiger partial charge in [-0.2, -0.15) is 0 Å². The van der Waals surface area contributed by atoms with E-state index >= 15 is 0 Å². The summed E-state index contributed by atoms with van der Waals surface area (Å²) in [6.07, 6.45) is 5.52. The molecule has 0 unspecified atom stereocenters. The van der Waals surface area contributed by atoms with Gasteiger partial charge in [0, 0.05) is 25.5 Å². The number of pyridine rings is 1. The summed E-state index contributed by atoms with van der Waals surface area (Å²) in [6.45, 7) is 1.79. The van der Waals surface area contributed by atoms with Gasteiger partial charge in [0.15, 0.2) is 5.65 Å². The first-order chi connectivity index (χ1) is 10.9. The van der Waals surface area contributed by atoms with Crippen molar-refractivity contribution in [1.29, 1.82) is 0 Å². The molecule has 0 spiro atoms. The number of hydrogen-bond acceptors (Lipinski definition) is 5. The number of H-pyrrole nitrogens is 1. The van der Waals surface area contributed by atoms with Crippen molar-refractivity contribution in [3.05, 3.63) is 48.8 Å². The minimum Gasteiger partial charge on any atom is -0.354 e. The lowest BCUT2D eigenvalue weighted by atomic mass is 9.99. The summed E-state index contributed by atoms with van der Waals surface area (Å²) in [5.74, 6) is 2.38. The summed E-state index contributed by atoms with van der Waals surface area (Å²) < 4.78 is 2.06. The maximum atomic E-state index is 4.43. The van der Waals surface area contributed by atoms with Crippen LogP contribution >= 0.6 is 0 Å². The summed E-state index contributed by atoms with van der Waals surface area (Å²) in [5.41, 5.74) is 1.77. The predicted molar refractivity (Wildman–Crippen MR) is 81.8 cm³/mol. The van der Waals surface area contributed by atoms with E-state index in [1.54, 1.807) is 6.33 Å². The van der Waals surface area contributed by atoms with Gasteiger partial charge in [0.25, 0.3) is 0 Å². The molecule has 5 rings (SSSR count). The smallest absolute Gasteiger partial charge is 0.160 e. The van der Waals surface area contributed by atoms with Crippen molar-refractivity contribution in [2.45, 2.75) is 5.92 Å². The number of rotatable bonds is 2. The number of fused-ring (bicyclic) bond motifs is 2. The quantitative estimate of drug-likeness (QED) is 0.607. The van der Waals surface area contributed by atoms with E-state index in [0.717, 1.165) is 41.4 Å². The van der Waals surface area contributed by atoms with E-state index in [1.807, 2.05) is 36.7 Å². The van der Waals surface area contributed by atoms with Crippen molar-refractivity contribution in [1.82, 2.24) is 29.5 Å². The topological polar surface area (TPSA) is 75.0 Å². The second-order valence-corrected chi connectivity index (χ2v) is 5.53. The molecule has 0 atom stereocenters. The molecule has 7 heteroatoms. The molecule has 0 amide bonds. The Bertz CT molecular complexity index is 964. The number of anilines is 1. The number of hydrogen-bond donors (Lipinski definition) is 1. The van der Waals surface area contributed by atoms with Crippen LogP contribution in [0.5, 0.6) is 0 Å². The van der Waals surface area contributed by atoms with Crippen molar-refractivity contribution >= 4 is 22.5 Å². The van der Waals surface area contributed by atoms with Crippen molar-refractivity contribution in [2.75, 3.05) is 18.0 Å². The molecule has 1 saturated heterocycles. The monoisotopic (exact) mass is 291 g/mol. The normalized spacial score (nSPS) is 15.5. The Hall–Kier alpha value is -2.96. The van der Waals surface area contributed by atoms with E-state index in [1.165, 1.54) is 0 Å². The molecule has 0 radical (unpaired) electrons. The van der Waals surface area contributed by atoms with Crippen LogP contribution < -0.4 is 4.90 Å². The van der Waals surface area contributed by atoms with Gasteiger partial charge in [-0.25, -0.2) is 9.97 Å². The van der Waals surface area contributed by atoms with Gasteiger partial charge in [0.1, 0.15) is 23.6 Å². The highest BCUT2D eigenvalue weighted by Crippen LogP contribution is 2.32. The fourth-order valence-corrected chi connectivity index (χ4v) is 3.06. The van der Waals surface area contributed by atoms with Crippen molar-refractivity contribution < 1.29 is 0 Å². The molecule has 1 aliphatic heterocycles. The second-order valence-electron chi connectivity index (χ2n) is 5.53. The highest BCUT2D eigenvalue weighted by molar-refractivity contribution is 5.87. The molecule has 22 heavy (non-hydrogen) atoms. The van der Waals surface area contributed by atoms with E-state index in [9.17, 15) is 0 Å². The lowest BCUT2D eigenvalue weighted by Crippen LogP contribution is -2.46. The standard InChI is InChI=1S/C15H13N7/c1-2-6-22-12(3-1)19-20-14(22)10-7-21(8-10)15-11-4-5-16-13(11)17-9-18-15/h1-6,9-10H,7-8H2,(H,16,17,18). The van der Waals surface area contributed by atoms with Gasteiger partial charge in [-0.05, 0) is 18.2 Å². The van der Waals surface area contributed by atoms with Gasteiger partial charge >= 0.3 is 0 Å². The molecule has 4 aromatic heterocycles. The zero-order chi connectivity index (χ0) is 14.5. The van der Waals surface area contributed by atoms with Crippen LogP contribution in [-0.4, -0.2) is 42.6 Å².